The van der Waals surface area contributed by atoms with Crippen molar-refractivity contribution in [1.29, 1.82) is 0 Å². The number of unbranched alkanes of at least 4 members (excludes halogenated alkanes) is 1. The Balaban J connectivity index is 2.10. The Morgan fingerprint density at radius 3 is 2.32 bits per heavy atom. The van der Waals surface area contributed by atoms with Crippen LogP contribution in [0, 0.1) is 5.82 Å². The van der Waals surface area contributed by atoms with Gasteiger partial charge in [0.15, 0.2) is 15.6 Å². The normalized spacial score (nSPS) is 12.5. The average Bonchev–Trinajstić information content (AvgIpc) is 2.74. The van der Waals surface area contributed by atoms with Crippen molar-refractivity contribution >= 4 is 9.84 Å². The second kappa shape index (κ2) is 9.43. The van der Waals surface area contributed by atoms with Crippen LogP contribution in [0.4, 0.5) is 4.39 Å². The molecule has 0 aliphatic carbocycles. The smallest absolute Gasteiger partial charge is 0.314 e. The van der Waals surface area contributed by atoms with Crippen molar-refractivity contribution in [3.8, 4) is 22.6 Å². The highest BCUT2D eigenvalue weighted by Gasteiger charge is 2.19. The summed E-state index contributed by atoms with van der Waals surface area (Å²) < 4.78 is 44.0. The fraction of sp³-hybridized carbons (Fsp3) is 0.304. The van der Waals surface area contributed by atoms with E-state index in [1.165, 1.54) is 42.6 Å². The molecule has 0 fully saturated rings. The molecule has 0 radical (unpaired) electrons. The molecule has 31 heavy (non-hydrogen) atoms. The first-order chi connectivity index (χ1) is 14.7. The highest BCUT2D eigenvalue weighted by molar-refractivity contribution is 7.90. The van der Waals surface area contributed by atoms with E-state index < -0.39 is 21.2 Å². The van der Waals surface area contributed by atoms with Crippen molar-refractivity contribution < 1.29 is 17.5 Å². The largest absolute Gasteiger partial charge is 0.484 e. The van der Waals surface area contributed by atoms with Gasteiger partial charge < -0.3 is 4.74 Å². The molecule has 1 aromatic heterocycles. The Labute approximate surface area is 181 Å². The van der Waals surface area contributed by atoms with Crippen molar-refractivity contribution in [1.82, 2.24) is 9.78 Å². The lowest BCUT2D eigenvalue weighted by atomic mass is 10.1. The zero-order valence-electron chi connectivity index (χ0n) is 17.7. The van der Waals surface area contributed by atoms with Crippen LogP contribution >= 0.6 is 0 Å². The van der Waals surface area contributed by atoms with E-state index in [0.29, 0.717) is 16.8 Å². The zero-order chi connectivity index (χ0) is 22.6. The minimum atomic E-state index is -3.34. The van der Waals surface area contributed by atoms with Gasteiger partial charge in [-0.1, -0.05) is 31.9 Å². The van der Waals surface area contributed by atoms with E-state index in [2.05, 4.69) is 12.0 Å². The summed E-state index contributed by atoms with van der Waals surface area (Å²) in [7, 11) is -3.34. The summed E-state index contributed by atoms with van der Waals surface area (Å²) >= 11 is 0. The van der Waals surface area contributed by atoms with Crippen LogP contribution in [-0.4, -0.2) is 30.6 Å². The Hall–Kier alpha value is -3.00. The summed E-state index contributed by atoms with van der Waals surface area (Å²) in [5, 5.41) is 4.24. The molecule has 0 saturated heterocycles. The van der Waals surface area contributed by atoms with E-state index >= 15 is 0 Å². The van der Waals surface area contributed by atoms with Gasteiger partial charge in [-0.3, -0.25) is 4.79 Å². The Kier molecular flexibility index (Phi) is 6.90. The van der Waals surface area contributed by atoms with Gasteiger partial charge in [-0.2, -0.15) is 9.78 Å². The number of hydrogen-bond donors (Lipinski definition) is 0. The van der Waals surface area contributed by atoms with E-state index in [9.17, 15) is 17.6 Å². The summed E-state index contributed by atoms with van der Waals surface area (Å²) in [6, 6.07) is 11.7. The molecular formula is C23H25FN2O4S. The summed E-state index contributed by atoms with van der Waals surface area (Å²) in [4.78, 5) is 13.5. The number of aromatic nitrogens is 2. The van der Waals surface area contributed by atoms with Crippen LogP contribution in [0.2, 0.25) is 0 Å². The van der Waals surface area contributed by atoms with Gasteiger partial charge in [0.25, 0.3) is 0 Å². The first-order valence-corrected chi connectivity index (χ1v) is 11.9. The minimum Gasteiger partial charge on any atom is -0.484 e. The maximum Gasteiger partial charge on any atom is 0.314 e. The fourth-order valence-electron chi connectivity index (χ4n) is 3.16. The van der Waals surface area contributed by atoms with E-state index in [0.717, 1.165) is 30.2 Å². The van der Waals surface area contributed by atoms with Crippen LogP contribution in [0.3, 0.4) is 0 Å². The molecule has 1 atom stereocenters. The molecule has 3 rings (SSSR count). The first kappa shape index (κ1) is 22.7. The molecular weight excluding hydrogens is 419 g/mol. The quantitative estimate of drug-likeness (QED) is 0.515. The monoisotopic (exact) mass is 444 g/mol. The predicted octanol–water partition coefficient (Wildman–Crippen LogP) is 4.40. The van der Waals surface area contributed by atoms with E-state index in [4.69, 9.17) is 4.74 Å². The molecule has 0 spiro atoms. The van der Waals surface area contributed by atoms with Gasteiger partial charge in [0.05, 0.1) is 22.9 Å². The average molecular weight is 445 g/mol. The van der Waals surface area contributed by atoms with Gasteiger partial charge in [-0.25, -0.2) is 12.8 Å². The van der Waals surface area contributed by atoms with E-state index in [1.54, 1.807) is 12.1 Å². The molecule has 0 N–H and O–H groups in total. The van der Waals surface area contributed by atoms with Gasteiger partial charge in [0.2, 0.25) is 0 Å². The molecule has 0 amide bonds. The second-order valence-corrected chi connectivity index (χ2v) is 9.46. The molecule has 6 nitrogen and oxygen atoms in total. The maximum absolute atomic E-state index is 13.3. The van der Waals surface area contributed by atoms with Gasteiger partial charge >= 0.3 is 5.56 Å². The van der Waals surface area contributed by atoms with Crippen LogP contribution in [0.1, 0.15) is 33.1 Å². The third-order valence-electron chi connectivity index (χ3n) is 4.88. The first-order valence-electron chi connectivity index (χ1n) is 10.1. The molecule has 1 heterocycles. The van der Waals surface area contributed by atoms with Crippen LogP contribution in [0.25, 0.3) is 16.8 Å². The summed E-state index contributed by atoms with van der Waals surface area (Å²) in [5.74, 6) is -0.293. The number of benzene rings is 2. The molecule has 3 aromatic rings. The SMILES string of the molecule is CCCCC(C)Oc1c(-c2ccc(S(C)(=O)=O)cc2)cnn(-c2ccc(F)cc2)c1=O. The lowest BCUT2D eigenvalue weighted by Crippen LogP contribution is -2.26. The van der Waals surface area contributed by atoms with Crippen molar-refractivity contribution in [2.24, 2.45) is 0 Å². The van der Waals surface area contributed by atoms with Gasteiger partial charge in [0, 0.05) is 11.8 Å². The van der Waals surface area contributed by atoms with Crippen LogP contribution in [0.5, 0.6) is 5.75 Å². The van der Waals surface area contributed by atoms with Crippen molar-refractivity contribution in [2.45, 2.75) is 44.1 Å². The van der Waals surface area contributed by atoms with Crippen LogP contribution in [0.15, 0.2) is 64.4 Å². The lowest BCUT2D eigenvalue weighted by molar-refractivity contribution is 0.204. The molecule has 0 saturated carbocycles. The number of nitrogens with zero attached hydrogens (tertiary/aromatic N) is 2. The molecule has 0 aliphatic heterocycles. The predicted molar refractivity (Wildman–Crippen MR) is 118 cm³/mol. The van der Waals surface area contributed by atoms with Crippen LogP contribution in [-0.2, 0) is 9.84 Å². The number of sulfone groups is 1. The van der Waals surface area contributed by atoms with Crippen molar-refractivity contribution in [3.05, 3.63) is 70.9 Å². The highest BCUT2D eigenvalue weighted by atomic mass is 32.2. The molecule has 164 valence electrons. The zero-order valence-corrected chi connectivity index (χ0v) is 18.5. The Bertz CT molecular complexity index is 1200. The number of halogens is 1. The summed E-state index contributed by atoms with van der Waals surface area (Å²) in [6.45, 7) is 3.98. The van der Waals surface area contributed by atoms with Crippen molar-refractivity contribution in [3.63, 3.8) is 0 Å². The Morgan fingerprint density at radius 2 is 1.74 bits per heavy atom. The maximum atomic E-state index is 13.3. The van der Waals surface area contributed by atoms with Gasteiger partial charge in [0.1, 0.15) is 5.82 Å². The molecule has 0 aliphatic rings. The molecule has 8 heteroatoms. The standard InChI is InChI=1S/C23H25FN2O4S/c1-4-5-6-16(2)30-22-21(17-7-13-20(14-8-17)31(3,28)29)15-25-26(23(22)27)19-11-9-18(24)10-12-19/h7-16H,4-6H2,1-3H3. The highest BCUT2D eigenvalue weighted by Crippen LogP contribution is 2.29. The van der Waals surface area contributed by atoms with E-state index in [-0.39, 0.29) is 16.7 Å². The van der Waals surface area contributed by atoms with Gasteiger partial charge in [-0.05, 0) is 55.3 Å². The Morgan fingerprint density at radius 1 is 1.10 bits per heavy atom. The third-order valence-corrected chi connectivity index (χ3v) is 6.01. The minimum absolute atomic E-state index is 0.120. The summed E-state index contributed by atoms with van der Waals surface area (Å²) in [6.07, 6.45) is 5.17. The molecule has 0 bridgehead atoms. The number of ether oxygens (including phenoxy) is 1. The molecule has 1 unspecified atom stereocenters. The van der Waals surface area contributed by atoms with Crippen LogP contribution < -0.4 is 10.3 Å². The molecule has 2 aromatic carbocycles. The summed E-state index contributed by atoms with van der Waals surface area (Å²) in [5.41, 5.74) is 1.02. The fourth-order valence-corrected chi connectivity index (χ4v) is 3.79. The number of rotatable bonds is 8. The number of hydrogen-bond acceptors (Lipinski definition) is 5. The van der Waals surface area contributed by atoms with Gasteiger partial charge in [-0.15, -0.1) is 0 Å². The topological polar surface area (TPSA) is 78.3 Å². The third kappa shape index (κ3) is 5.38. The lowest BCUT2D eigenvalue weighted by Gasteiger charge is -2.18. The van der Waals surface area contributed by atoms with Crippen molar-refractivity contribution in [2.75, 3.05) is 6.26 Å². The second-order valence-electron chi connectivity index (χ2n) is 7.45. The van der Waals surface area contributed by atoms with E-state index in [1.807, 2.05) is 6.92 Å².